The molecule has 110 valence electrons. The first-order valence-electron chi connectivity index (χ1n) is 7.56. The lowest BCUT2D eigenvalue weighted by atomic mass is 10.0. The van der Waals surface area contributed by atoms with E-state index in [1.165, 1.54) is 5.56 Å². The summed E-state index contributed by atoms with van der Waals surface area (Å²) in [6, 6.07) is 5.87. The van der Waals surface area contributed by atoms with Gasteiger partial charge in [0.1, 0.15) is 0 Å². The zero-order chi connectivity index (χ0) is 14.5. The summed E-state index contributed by atoms with van der Waals surface area (Å²) >= 11 is 0. The molecule has 0 saturated heterocycles. The third-order valence-electron chi connectivity index (χ3n) is 4.05. The van der Waals surface area contributed by atoms with Gasteiger partial charge >= 0.3 is 0 Å². The van der Waals surface area contributed by atoms with Crippen LogP contribution in [0.15, 0.2) is 18.2 Å². The molecular formula is C16H25N3O. The Hall–Kier alpha value is -1.55. The van der Waals surface area contributed by atoms with Crippen LogP contribution in [0, 0.1) is 0 Å². The van der Waals surface area contributed by atoms with Crippen LogP contribution in [0.3, 0.4) is 0 Å². The van der Waals surface area contributed by atoms with Crippen molar-refractivity contribution in [2.75, 3.05) is 36.8 Å². The predicted molar refractivity (Wildman–Crippen MR) is 83.9 cm³/mol. The Morgan fingerprint density at radius 1 is 1.25 bits per heavy atom. The first kappa shape index (κ1) is 14.9. The molecule has 0 bridgehead atoms. The number of hydrogen-bond acceptors (Lipinski definition) is 3. The molecule has 0 atom stereocenters. The Labute approximate surface area is 121 Å². The summed E-state index contributed by atoms with van der Waals surface area (Å²) in [7, 11) is 0. The van der Waals surface area contributed by atoms with Crippen molar-refractivity contribution in [2.45, 2.75) is 33.1 Å². The summed E-state index contributed by atoms with van der Waals surface area (Å²) < 4.78 is 0. The average molecular weight is 275 g/mol. The number of fused-ring (bicyclic) bond motifs is 1. The van der Waals surface area contributed by atoms with Gasteiger partial charge in [0.25, 0.3) is 0 Å². The van der Waals surface area contributed by atoms with Crippen LogP contribution in [0.5, 0.6) is 0 Å². The third-order valence-corrected chi connectivity index (χ3v) is 4.05. The van der Waals surface area contributed by atoms with Crippen molar-refractivity contribution in [1.82, 2.24) is 4.90 Å². The first-order valence-corrected chi connectivity index (χ1v) is 7.56. The minimum Gasteiger partial charge on any atom is -0.399 e. The third kappa shape index (κ3) is 3.31. The van der Waals surface area contributed by atoms with E-state index >= 15 is 0 Å². The topological polar surface area (TPSA) is 49.6 Å². The number of nitrogens with two attached hydrogens (primary N) is 1. The predicted octanol–water partition coefficient (Wildman–Crippen LogP) is 2.28. The molecule has 0 aromatic heterocycles. The fourth-order valence-corrected chi connectivity index (χ4v) is 2.82. The van der Waals surface area contributed by atoms with E-state index < -0.39 is 0 Å². The number of nitrogen functional groups attached to an aromatic ring is 1. The number of amides is 1. The van der Waals surface area contributed by atoms with Crippen molar-refractivity contribution in [3.8, 4) is 0 Å². The fraction of sp³-hybridized carbons (Fsp3) is 0.562. The maximum atomic E-state index is 12.1. The molecule has 4 nitrogen and oxygen atoms in total. The second-order valence-electron chi connectivity index (χ2n) is 5.31. The average Bonchev–Trinajstić information content (AvgIpc) is 2.45. The summed E-state index contributed by atoms with van der Waals surface area (Å²) in [6.07, 6.45) is 2.42. The van der Waals surface area contributed by atoms with Gasteiger partial charge in [-0.05, 0) is 56.2 Å². The van der Waals surface area contributed by atoms with Crippen LogP contribution in [0.25, 0.3) is 0 Å². The van der Waals surface area contributed by atoms with Gasteiger partial charge in [-0.25, -0.2) is 0 Å². The summed E-state index contributed by atoms with van der Waals surface area (Å²) in [5.41, 5.74) is 8.86. The van der Waals surface area contributed by atoms with Gasteiger partial charge in [-0.2, -0.15) is 0 Å². The van der Waals surface area contributed by atoms with Gasteiger partial charge in [-0.1, -0.05) is 13.8 Å². The Bertz CT molecular complexity index is 469. The zero-order valence-corrected chi connectivity index (χ0v) is 12.6. The number of aryl methyl sites for hydroxylation is 1. The largest absolute Gasteiger partial charge is 0.399 e. The molecule has 0 unspecified atom stereocenters. The minimum absolute atomic E-state index is 0.238. The van der Waals surface area contributed by atoms with Crippen molar-refractivity contribution in [3.05, 3.63) is 23.8 Å². The zero-order valence-electron chi connectivity index (χ0n) is 12.6. The number of carbonyl (C=O) groups excluding carboxylic acids is 1. The molecule has 0 saturated carbocycles. The SMILES string of the molecule is CCN(CC)CCCN1C(=O)CCc2cc(N)ccc21. The molecule has 1 aliphatic heterocycles. The summed E-state index contributed by atoms with van der Waals surface area (Å²) in [6.45, 7) is 8.32. The Morgan fingerprint density at radius 3 is 2.70 bits per heavy atom. The van der Waals surface area contributed by atoms with Crippen LogP contribution >= 0.6 is 0 Å². The van der Waals surface area contributed by atoms with Gasteiger partial charge in [0.05, 0.1) is 0 Å². The van der Waals surface area contributed by atoms with Gasteiger partial charge in [0, 0.05) is 24.3 Å². The smallest absolute Gasteiger partial charge is 0.227 e. The molecule has 20 heavy (non-hydrogen) atoms. The lowest BCUT2D eigenvalue weighted by Crippen LogP contribution is -2.37. The second kappa shape index (κ2) is 6.75. The molecule has 1 aromatic carbocycles. The van der Waals surface area contributed by atoms with E-state index in [4.69, 9.17) is 5.73 Å². The fourth-order valence-electron chi connectivity index (χ4n) is 2.82. The lowest BCUT2D eigenvalue weighted by Gasteiger charge is -2.30. The van der Waals surface area contributed by atoms with Crippen LogP contribution < -0.4 is 10.6 Å². The molecule has 1 heterocycles. The molecule has 1 amide bonds. The van der Waals surface area contributed by atoms with Crippen LogP contribution in [-0.4, -0.2) is 37.0 Å². The summed E-state index contributed by atoms with van der Waals surface area (Å²) in [4.78, 5) is 16.5. The summed E-state index contributed by atoms with van der Waals surface area (Å²) in [5, 5.41) is 0. The molecule has 4 heteroatoms. The van der Waals surface area contributed by atoms with E-state index in [0.717, 1.165) is 50.4 Å². The molecule has 2 rings (SSSR count). The lowest BCUT2D eigenvalue weighted by molar-refractivity contribution is -0.118. The molecule has 2 N–H and O–H groups in total. The normalized spacial score (nSPS) is 14.8. The Morgan fingerprint density at radius 2 is 2.00 bits per heavy atom. The van der Waals surface area contributed by atoms with E-state index in [1.54, 1.807) is 0 Å². The van der Waals surface area contributed by atoms with Gasteiger partial charge < -0.3 is 15.5 Å². The van der Waals surface area contributed by atoms with Crippen LogP contribution in [0.4, 0.5) is 11.4 Å². The van der Waals surface area contributed by atoms with E-state index in [-0.39, 0.29) is 5.91 Å². The Balaban J connectivity index is 2.02. The van der Waals surface area contributed by atoms with Gasteiger partial charge in [-0.15, -0.1) is 0 Å². The van der Waals surface area contributed by atoms with Crippen LogP contribution in [-0.2, 0) is 11.2 Å². The molecule has 0 aliphatic carbocycles. The first-order chi connectivity index (χ1) is 9.65. The van der Waals surface area contributed by atoms with Gasteiger partial charge in [-0.3, -0.25) is 4.79 Å². The van der Waals surface area contributed by atoms with Crippen molar-refractivity contribution < 1.29 is 4.79 Å². The number of carbonyl (C=O) groups is 1. The van der Waals surface area contributed by atoms with Crippen molar-refractivity contribution >= 4 is 17.3 Å². The number of benzene rings is 1. The maximum Gasteiger partial charge on any atom is 0.227 e. The van der Waals surface area contributed by atoms with Gasteiger partial charge in [0.2, 0.25) is 5.91 Å². The Kier molecular flexibility index (Phi) is 5.01. The summed E-state index contributed by atoms with van der Waals surface area (Å²) in [5.74, 6) is 0.238. The van der Waals surface area contributed by atoms with E-state index in [2.05, 4.69) is 18.7 Å². The minimum atomic E-state index is 0.238. The standard InChI is InChI=1S/C16H25N3O/c1-3-18(4-2)10-5-11-19-15-8-7-14(17)12-13(15)6-9-16(19)20/h7-8,12H,3-6,9-11,17H2,1-2H3. The van der Waals surface area contributed by atoms with Crippen molar-refractivity contribution in [2.24, 2.45) is 0 Å². The second-order valence-corrected chi connectivity index (χ2v) is 5.31. The number of rotatable bonds is 6. The van der Waals surface area contributed by atoms with Crippen molar-refractivity contribution in [3.63, 3.8) is 0 Å². The monoisotopic (exact) mass is 275 g/mol. The van der Waals surface area contributed by atoms with E-state index in [1.807, 2.05) is 23.1 Å². The van der Waals surface area contributed by atoms with Crippen LogP contribution in [0.2, 0.25) is 0 Å². The molecular weight excluding hydrogens is 250 g/mol. The quantitative estimate of drug-likeness (QED) is 0.810. The molecule has 0 fully saturated rings. The number of anilines is 2. The molecule has 1 aliphatic rings. The van der Waals surface area contributed by atoms with Gasteiger partial charge in [0.15, 0.2) is 0 Å². The van der Waals surface area contributed by atoms with Crippen LogP contribution in [0.1, 0.15) is 32.3 Å². The van der Waals surface area contributed by atoms with Crippen molar-refractivity contribution in [1.29, 1.82) is 0 Å². The molecule has 0 spiro atoms. The highest BCUT2D eigenvalue weighted by atomic mass is 16.2. The highest BCUT2D eigenvalue weighted by molar-refractivity contribution is 5.96. The maximum absolute atomic E-state index is 12.1. The highest BCUT2D eigenvalue weighted by Gasteiger charge is 2.23. The van der Waals surface area contributed by atoms with E-state index in [9.17, 15) is 4.79 Å². The highest BCUT2D eigenvalue weighted by Crippen LogP contribution is 2.29. The number of hydrogen-bond donors (Lipinski definition) is 1. The molecule has 1 aromatic rings. The van der Waals surface area contributed by atoms with E-state index in [0.29, 0.717) is 6.42 Å². The molecule has 0 radical (unpaired) electrons. The number of nitrogens with zero attached hydrogens (tertiary/aromatic N) is 2.